The quantitative estimate of drug-likeness (QED) is 0.316. The maximum Gasteiger partial charge on any atom is 0.263 e. The smallest absolute Gasteiger partial charge is 0.263 e. The highest BCUT2D eigenvalue weighted by Gasteiger charge is 2.44. The Morgan fingerprint density at radius 3 is 2.88 bits per heavy atom. The third-order valence-electron chi connectivity index (χ3n) is 9.14. The Labute approximate surface area is 242 Å². The van der Waals surface area contributed by atoms with E-state index in [2.05, 4.69) is 32.3 Å². The predicted octanol–water partition coefficient (Wildman–Crippen LogP) is 4.41. The molecule has 40 heavy (non-hydrogen) atoms. The number of halogens is 1. The summed E-state index contributed by atoms with van der Waals surface area (Å²) in [6.07, 6.45) is 8.87. The van der Waals surface area contributed by atoms with Crippen LogP contribution in [0.2, 0.25) is 5.02 Å². The lowest BCUT2D eigenvalue weighted by molar-refractivity contribution is 0.0456. The van der Waals surface area contributed by atoms with Crippen LogP contribution in [0.5, 0.6) is 5.75 Å². The molecule has 1 saturated carbocycles. The molecule has 0 radical (unpaired) electrons. The second kappa shape index (κ2) is 10.7. The monoisotopic (exact) mass is 583 g/mol. The Kier molecular flexibility index (Phi) is 7.40. The van der Waals surface area contributed by atoms with Gasteiger partial charge in [0, 0.05) is 35.1 Å². The Morgan fingerprint density at radius 1 is 1.23 bits per heavy atom. The van der Waals surface area contributed by atoms with Gasteiger partial charge < -0.3 is 14.7 Å². The fourth-order valence-electron chi connectivity index (χ4n) is 6.99. The van der Waals surface area contributed by atoms with Crippen molar-refractivity contribution in [1.29, 1.82) is 0 Å². The van der Waals surface area contributed by atoms with Crippen LogP contribution in [0.15, 0.2) is 48.6 Å². The van der Waals surface area contributed by atoms with Crippen molar-refractivity contribution in [3.8, 4) is 5.75 Å². The first kappa shape index (κ1) is 27.6. The minimum atomic E-state index is -3.08. The number of anilines is 1. The molecule has 6 atom stereocenters. The normalized spacial score (nSPS) is 34.9. The first-order valence-corrected chi connectivity index (χ1v) is 16.3. The van der Waals surface area contributed by atoms with E-state index in [0.29, 0.717) is 24.5 Å². The van der Waals surface area contributed by atoms with Gasteiger partial charge in [0.1, 0.15) is 15.6 Å². The summed E-state index contributed by atoms with van der Waals surface area (Å²) in [4.78, 5) is 15.6. The lowest BCUT2D eigenvalue weighted by Crippen LogP contribution is -2.49. The molecule has 9 heteroatoms. The highest BCUT2D eigenvalue weighted by molar-refractivity contribution is 7.97. The van der Waals surface area contributed by atoms with Crippen molar-refractivity contribution in [2.75, 3.05) is 24.6 Å². The number of aliphatic hydroxyl groups is 1. The number of hydrogen-bond donors (Lipinski definition) is 3. The molecule has 3 N–H and O–H groups in total. The number of aryl methyl sites for hydroxylation is 1. The number of ether oxygens (including phenoxy) is 1. The number of amides is 1. The van der Waals surface area contributed by atoms with E-state index in [1.807, 2.05) is 37.3 Å². The Balaban J connectivity index is 1.42. The van der Waals surface area contributed by atoms with Gasteiger partial charge in [-0.1, -0.05) is 29.8 Å². The van der Waals surface area contributed by atoms with E-state index in [4.69, 9.17) is 16.3 Å². The van der Waals surface area contributed by atoms with E-state index < -0.39 is 21.9 Å². The van der Waals surface area contributed by atoms with Gasteiger partial charge in [0.25, 0.3) is 5.91 Å². The third kappa shape index (κ3) is 5.39. The molecule has 4 aliphatic rings. The fraction of sp³-hybridized carbons (Fsp3) is 0.484. The lowest BCUT2D eigenvalue weighted by atomic mass is 9.68. The summed E-state index contributed by atoms with van der Waals surface area (Å²) in [6.45, 7) is 3.91. The molecule has 0 saturated heterocycles. The van der Waals surface area contributed by atoms with Crippen LogP contribution in [0.1, 0.15) is 60.5 Å². The highest BCUT2D eigenvalue weighted by Crippen LogP contribution is 2.46. The van der Waals surface area contributed by atoms with Crippen molar-refractivity contribution in [2.45, 2.75) is 63.0 Å². The first-order valence-electron chi connectivity index (χ1n) is 14.2. The van der Waals surface area contributed by atoms with Crippen molar-refractivity contribution >= 4 is 39.0 Å². The third-order valence-corrected chi connectivity index (χ3v) is 10.7. The second-order valence-electron chi connectivity index (χ2n) is 12.1. The molecule has 214 valence electrons. The molecule has 1 unspecified atom stereocenters. The summed E-state index contributed by atoms with van der Waals surface area (Å²) < 4.78 is 25.2. The summed E-state index contributed by atoms with van der Waals surface area (Å²) in [5.74, 6) is 4.51. The van der Waals surface area contributed by atoms with Crippen molar-refractivity contribution in [3.05, 3.63) is 70.3 Å². The van der Waals surface area contributed by atoms with Gasteiger partial charge in [0.15, 0.2) is 0 Å². The SMILES string of the molecule is C=S1(=O)NC(=O)c2ccc3c(c2)N(C[C@@H]2CC[C@H]2[C@@H](O)/C=C\C[C@H](C)N1)C[C@@]1(CCCc2cc(Cl)ccc21)CO3. The van der Waals surface area contributed by atoms with Crippen LogP contribution in [0.3, 0.4) is 0 Å². The molecule has 1 amide bonds. The average Bonchev–Trinajstić information content (AvgIpc) is 3.02. The maximum atomic E-state index is 13.3. The number of benzene rings is 2. The lowest BCUT2D eigenvalue weighted by Gasteiger charge is -2.45. The topological polar surface area (TPSA) is 90.9 Å². The molecule has 2 aliphatic heterocycles. The van der Waals surface area contributed by atoms with Gasteiger partial charge >= 0.3 is 0 Å². The Hall–Kier alpha value is -2.52. The van der Waals surface area contributed by atoms with E-state index in [0.717, 1.165) is 61.7 Å². The standard InChI is InChI=1S/C31H38ClN3O4S/c1-20-5-3-7-28(36)25-11-8-23(25)17-35-18-31(14-4-6-21-15-24(32)10-12-26(21)31)19-39-29-13-9-22(16-27(29)35)30(37)34-40(2,38)33-20/h3,7,9-10,12-13,15-16,20,23,25,28,36H,2,4-6,8,11,14,17-19H2,1H3,(H2,33,34,37,38)/b7-3-/t20-,23-,25+,28-,31-,40?/m0/s1. The number of nitrogens with one attached hydrogen (secondary N) is 2. The van der Waals surface area contributed by atoms with Crippen molar-refractivity contribution in [3.63, 3.8) is 0 Å². The van der Waals surface area contributed by atoms with Crippen molar-refractivity contribution in [1.82, 2.24) is 9.44 Å². The number of carbonyl (C=O) groups is 1. The van der Waals surface area contributed by atoms with Gasteiger partial charge in [-0.05, 0) is 105 Å². The van der Waals surface area contributed by atoms with Gasteiger partial charge in [-0.2, -0.15) is 0 Å². The fourth-order valence-corrected chi connectivity index (χ4v) is 8.40. The summed E-state index contributed by atoms with van der Waals surface area (Å²) >= 11 is 6.38. The van der Waals surface area contributed by atoms with Crippen LogP contribution >= 0.6 is 11.6 Å². The minimum Gasteiger partial charge on any atom is -0.490 e. The van der Waals surface area contributed by atoms with E-state index >= 15 is 0 Å². The van der Waals surface area contributed by atoms with Gasteiger partial charge in [0.05, 0.1) is 18.4 Å². The number of hydrogen-bond acceptors (Lipinski definition) is 5. The van der Waals surface area contributed by atoms with Crippen molar-refractivity contribution < 1.29 is 18.8 Å². The summed E-state index contributed by atoms with van der Waals surface area (Å²) in [7, 11) is -3.08. The Morgan fingerprint density at radius 2 is 2.08 bits per heavy atom. The van der Waals surface area contributed by atoms with E-state index in [1.54, 1.807) is 6.07 Å². The largest absolute Gasteiger partial charge is 0.490 e. The number of rotatable bonds is 0. The van der Waals surface area contributed by atoms with Crippen LogP contribution in [-0.2, 0) is 21.7 Å². The number of carbonyl (C=O) groups excluding carboxylic acids is 1. The van der Waals surface area contributed by atoms with Crippen LogP contribution in [-0.4, -0.2) is 52.9 Å². The van der Waals surface area contributed by atoms with Crippen molar-refractivity contribution in [2.24, 2.45) is 11.8 Å². The van der Waals surface area contributed by atoms with Crippen LogP contribution in [0.25, 0.3) is 0 Å². The predicted molar refractivity (Wildman–Crippen MR) is 162 cm³/mol. The summed E-state index contributed by atoms with van der Waals surface area (Å²) in [6, 6.07) is 11.4. The maximum absolute atomic E-state index is 13.3. The van der Waals surface area contributed by atoms with Crippen LogP contribution < -0.4 is 19.1 Å². The molecule has 2 aromatic rings. The molecule has 6 rings (SSSR count). The highest BCUT2D eigenvalue weighted by atomic mass is 35.5. The number of fused-ring (bicyclic) bond motifs is 4. The summed E-state index contributed by atoms with van der Waals surface area (Å²) in [5.41, 5.74) is 3.59. The Bertz CT molecular complexity index is 1440. The van der Waals surface area contributed by atoms with Gasteiger partial charge in [-0.25, -0.2) is 8.93 Å². The zero-order valence-corrected chi connectivity index (χ0v) is 24.5. The molecule has 2 heterocycles. The van der Waals surface area contributed by atoms with Gasteiger partial charge in [-0.15, -0.1) is 0 Å². The van der Waals surface area contributed by atoms with Crippen LogP contribution in [0, 0.1) is 11.8 Å². The first-order chi connectivity index (χ1) is 19.1. The molecule has 2 aliphatic carbocycles. The molecular formula is C31H38ClN3O4S. The van der Waals surface area contributed by atoms with E-state index in [-0.39, 0.29) is 17.4 Å². The minimum absolute atomic E-state index is 0.164. The molecule has 0 aromatic heterocycles. The molecular weight excluding hydrogens is 546 g/mol. The zero-order valence-electron chi connectivity index (χ0n) is 22.9. The van der Waals surface area contributed by atoms with Gasteiger partial charge in [0.2, 0.25) is 0 Å². The van der Waals surface area contributed by atoms with Crippen LogP contribution in [0.4, 0.5) is 5.69 Å². The van der Waals surface area contributed by atoms with Gasteiger partial charge in [-0.3, -0.25) is 9.52 Å². The molecule has 7 nitrogen and oxygen atoms in total. The van der Waals surface area contributed by atoms with E-state index in [1.165, 1.54) is 11.1 Å². The number of nitrogens with zero attached hydrogens (tertiary/aromatic N) is 1. The summed E-state index contributed by atoms with van der Waals surface area (Å²) in [5, 5.41) is 11.8. The molecule has 1 fully saturated rings. The number of aliphatic hydroxyl groups excluding tert-OH is 1. The second-order valence-corrected chi connectivity index (χ2v) is 14.3. The average molecular weight is 584 g/mol. The molecule has 1 spiro atoms. The zero-order chi connectivity index (χ0) is 28.1. The molecule has 2 bridgehead atoms. The molecule has 2 aromatic carbocycles. The van der Waals surface area contributed by atoms with E-state index in [9.17, 15) is 14.1 Å².